The summed E-state index contributed by atoms with van der Waals surface area (Å²) in [7, 11) is 4.66. The fraction of sp³-hybridized carbons (Fsp3) is 0.278. The standard InChI is InChI=1S/C18H20Cl2N2O4/c1-24-14-9-11(10-15(25-2)17(14)26-3)7-8-21-18(23)22-13-6-4-5-12(19)16(13)20/h4-6,9-10H,7-8H2,1-3H3,(H2,21,22,23). The largest absolute Gasteiger partial charge is 0.493 e. The molecule has 0 aliphatic carbocycles. The lowest BCUT2D eigenvalue weighted by molar-refractivity contribution is 0.252. The van der Waals surface area contributed by atoms with Crippen LogP contribution in [0, 0.1) is 0 Å². The van der Waals surface area contributed by atoms with Crippen LogP contribution in [0.1, 0.15) is 5.56 Å². The van der Waals surface area contributed by atoms with Gasteiger partial charge in [-0.15, -0.1) is 0 Å². The summed E-state index contributed by atoms with van der Waals surface area (Å²) in [6.45, 7) is 0.405. The fourth-order valence-electron chi connectivity index (χ4n) is 2.37. The van der Waals surface area contributed by atoms with Crippen LogP contribution in [0.2, 0.25) is 10.0 Å². The lowest BCUT2D eigenvalue weighted by Gasteiger charge is -2.14. The molecule has 8 heteroatoms. The number of hydrogen-bond acceptors (Lipinski definition) is 4. The van der Waals surface area contributed by atoms with Gasteiger partial charge in [0.1, 0.15) is 0 Å². The zero-order valence-corrected chi connectivity index (χ0v) is 16.2. The van der Waals surface area contributed by atoms with Gasteiger partial charge >= 0.3 is 6.03 Å². The number of anilines is 1. The monoisotopic (exact) mass is 398 g/mol. The first-order chi connectivity index (χ1) is 12.5. The number of rotatable bonds is 7. The van der Waals surface area contributed by atoms with E-state index in [1.807, 2.05) is 12.1 Å². The number of urea groups is 1. The van der Waals surface area contributed by atoms with E-state index < -0.39 is 0 Å². The predicted octanol–water partition coefficient (Wildman–Crippen LogP) is 4.38. The molecule has 2 rings (SSSR count). The average Bonchev–Trinajstić information content (AvgIpc) is 2.64. The minimum atomic E-state index is -0.374. The van der Waals surface area contributed by atoms with E-state index >= 15 is 0 Å². The van der Waals surface area contributed by atoms with Crippen LogP contribution in [0.25, 0.3) is 0 Å². The Hall–Kier alpha value is -2.31. The molecule has 0 bridgehead atoms. The Labute approximate surface area is 162 Å². The molecule has 2 N–H and O–H groups in total. The number of carbonyl (C=O) groups is 1. The number of benzene rings is 2. The second kappa shape index (κ2) is 9.40. The third kappa shape index (κ3) is 4.86. The van der Waals surface area contributed by atoms with Crippen LogP contribution >= 0.6 is 23.2 Å². The lowest BCUT2D eigenvalue weighted by atomic mass is 10.1. The summed E-state index contributed by atoms with van der Waals surface area (Å²) in [5, 5.41) is 6.11. The molecule has 0 radical (unpaired) electrons. The maximum absolute atomic E-state index is 12.0. The second-order valence-corrected chi connectivity index (χ2v) is 6.05. The van der Waals surface area contributed by atoms with E-state index in [1.54, 1.807) is 39.5 Å². The number of halogens is 2. The SMILES string of the molecule is COc1cc(CCNC(=O)Nc2cccc(Cl)c2Cl)cc(OC)c1OC. The number of methoxy groups -OCH3 is 3. The van der Waals surface area contributed by atoms with Crippen LogP contribution in [-0.2, 0) is 6.42 Å². The summed E-state index contributed by atoms with van der Waals surface area (Å²) in [5.74, 6) is 1.66. The maximum Gasteiger partial charge on any atom is 0.319 e. The van der Waals surface area contributed by atoms with Crippen molar-refractivity contribution >= 4 is 34.9 Å². The Bertz CT molecular complexity index is 759. The molecule has 0 atom stereocenters. The zero-order valence-electron chi connectivity index (χ0n) is 14.7. The molecule has 0 spiro atoms. The summed E-state index contributed by atoms with van der Waals surface area (Å²) in [6, 6.07) is 8.34. The fourth-order valence-corrected chi connectivity index (χ4v) is 2.71. The highest BCUT2D eigenvalue weighted by Crippen LogP contribution is 2.38. The van der Waals surface area contributed by atoms with Crippen LogP contribution in [0.4, 0.5) is 10.5 Å². The van der Waals surface area contributed by atoms with Crippen molar-refractivity contribution in [1.29, 1.82) is 0 Å². The minimum Gasteiger partial charge on any atom is -0.493 e. The van der Waals surface area contributed by atoms with E-state index in [4.69, 9.17) is 37.4 Å². The molecule has 6 nitrogen and oxygen atoms in total. The van der Waals surface area contributed by atoms with E-state index in [-0.39, 0.29) is 6.03 Å². The summed E-state index contributed by atoms with van der Waals surface area (Å²) in [5.41, 5.74) is 1.38. The van der Waals surface area contributed by atoms with Gasteiger partial charge in [-0.05, 0) is 36.2 Å². The number of amides is 2. The van der Waals surface area contributed by atoms with Crippen molar-refractivity contribution in [3.8, 4) is 17.2 Å². The van der Waals surface area contributed by atoms with Gasteiger partial charge in [0.2, 0.25) is 5.75 Å². The highest BCUT2D eigenvalue weighted by Gasteiger charge is 2.13. The second-order valence-electron chi connectivity index (χ2n) is 5.27. The van der Waals surface area contributed by atoms with E-state index in [2.05, 4.69) is 10.6 Å². The van der Waals surface area contributed by atoms with E-state index in [0.717, 1.165) is 5.56 Å². The summed E-state index contributed by atoms with van der Waals surface area (Å²) >= 11 is 12.0. The van der Waals surface area contributed by atoms with Gasteiger partial charge in [-0.1, -0.05) is 29.3 Å². The average molecular weight is 399 g/mol. The quantitative estimate of drug-likeness (QED) is 0.725. The molecule has 2 amide bonds. The Morgan fingerprint density at radius 3 is 2.27 bits per heavy atom. The van der Waals surface area contributed by atoms with Crippen LogP contribution in [0.15, 0.2) is 30.3 Å². The minimum absolute atomic E-state index is 0.300. The molecular formula is C18H20Cl2N2O4. The smallest absolute Gasteiger partial charge is 0.319 e. The molecule has 0 saturated carbocycles. The number of nitrogens with one attached hydrogen (secondary N) is 2. The number of ether oxygens (including phenoxy) is 3. The molecule has 0 aliphatic heterocycles. The van der Waals surface area contributed by atoms with Gasteiger partial charge in [0.05, 0.1) is 37.1 Å². The molecule has 26 heavy (non-hydrogen) atoms. The lowest BCUT2D eigenvalue weighted by Crippen LogP contribution is -2.30. The maximum atomic E-state index is 12.0. The van der Waals surface area contributed by atoms with Crippen molar-refractivity contribution in [1.82, 2.24) is 5.32 Å². The highest BCUT2D eigenvalue weighted by atomic mass is 35.5. The van der Waals surface area contributed by atoms with Gasteiger partial charge in [-0.25, -0.2) is 4.79 Å². The van der Waals surface area contributed by atoms with Crippen molar-refractivity contribution < 1.29 is 19.0 Å². The van der Waals surface area contributed by atoms with Gasteiger partial charge in [0.25, 0.3) is 0 Å². The van der Waals surface area contributed by atoms with Crippen LogP contribution < -0.4 is 24.8 Å². The molecule has 2 aromatic rings. The molecule has 0 aromatic heterocycles. The number of carbonyl (C=O) groups excluding carboxylic acids is 1. The van der Waals surface area contributed by atoms with Crippen LogP contribution in [0.3, 0.4) is 0 Å². The van der Waals surface area contributed by atoms with Gasteiger partial charge < -0.3 is 24.8 Å². The zero-order chi connectivity index (χ0) is 19.1. The first kappa shape index (κ1) is 20.0. The molecule has 0 aliphatic rings. The van der Waals surface area contributed by atoms with E-state index in [1.165, 1.54) is 0 Å². The molecule has 0 fully saturated rings. The highest BCUT2D eigenvalue weighted by molar-refractivity contribution is 6.43. The Kier molecular flexibility index (Phi) is 7.24. The molecule has 0 saturated heterocycles. The van der Waals surface area contributed by atoms with Crippen molar-refractivity contribution in [2.75, 3.05) is 33.2 Å². The van der Waals surface area contributed by atoms with E-state index in [9.17, 15) is 4.79 Å². The van der Waals surface area contributed by atoms with E-state index in [0.29, 0.717) is 45.9 Å². The van der Waals surface area contributed by atoms with Gasteiger partial charge in [-0.3, -0.25) is 0 Å². The molecular weight excluding hydrogens is 379 g/mol. The topological polar surface area (TPSA) is 68.8 Å². The first-order valence-electron chi connectivity index (χ1n) is 7.78. The third-order valence-corrected chi connectivity index (χ3v) is 4.44. The van der Waals surface area contributed by atoms with Gasteiger partial charge in [-0.2, -0.15) is 0 Å². The first-order valence-corrected chi connectivity index (χ1v) is 8.53. The van der Waals surface area contributed by atoms with Gasteiger partial charge in [0.15, 0.2) is 11.5 Å². The van der Waals surface area contributed by atoms with Crippen molar-refractivity contribution in [2.24, 2.45) is 0 Å². The Morgan fingerprint density at radius 1 is 1.04 bits per heavy atom. The van der Waals surface area contributed by atoms with Crippen LogP contribution in [0.5, 0.6) is 17.2 Å². The van der Waals surface area contributed by atoms with Gasteiger partial charge in [0, 0.05) is 6.54 Å². The molecule has 0 heterocycles. The Morgan fingerprint density at radius 2 is 1.69 bits per heavy atom. The summed E-state index contributed by atoms with van der Waals surface area (Å²) < 4.78 is 15.9. The van der Waals surface area contributed by atoms with Crippen LogP contribution in [-0.4, -0.2) is 33.9 Å². The van der Waals surface area contributed by atoms with Crippen molar-refractivity contribution in [3.05, 3.63) is 45.9 Å². The van der Waals surface area contributed by atoms with Crippen molar-refractivity contribution in [2.45, 2.75) is 6.42 Å². The predicted molar refractivity (Wildman–Crippen MR) is 103 cm³/mol. The summed E-state index contributed by atoms with van der Waals surface area (Å²) in [4.78, 5) is 12.0. The summed E-state index contributed by atoms with van der Waals surface area (Å²) in [6.07, 6.45) is 0.577. The van der Waals surface area contributed by atoms with Crippen molar-refractivity contribution in [3.63, 3.8) is 0 Å². The normalized spacial score (nSPS) is 10.2. The third-order valence-electron chi connectivity index (χ3n) is 3.62. The number of hydrogen-bond donors (Lipinski definition) is 2. The molecule has 140 valence electrons. The Balaban J connectivity index is 1.97. The molecule has 2 aromatic carbocycles. The molecule has 0 unspecified atom stereocenters.